The number of aliphatic hydroxyl groups excluding tert-OH is 1. The molecular formula is C32H37F3N4O2. The lowest BCUT2D eigenvalue weighted by Gasteiger charge is -2.22. The first-order valence-corrected chi connectivity index (χ1v) is 13.6. The first-order valence-electron chi connectivity index (χ1n) is 13.6. The highest BCUT2D eigenvalue weighted by molar-refractivity contribution is 6.04. The topological polar surface area (TPSA) is 77.0 Å². The fourth-order valence-electron chi connectivity index (χ4n) is 4.39. The molecule has 0 fully saturated rings. The Balaban J connectivity index is 1.70. The van der Waals surface area contributed by atoms with E-state index in [9.17, 15) is 23.1 Å². The van der Waals surface area contributed by atoms with Crippen molar-refractivity contribution in [1.29, 1.82) is 0 Å². The molecule has 1 amide bonds. The van der Waals surface area contributed by atoms with Crippen LogP contribution in [0.5, 0.6) is 0 Å². The zero-order valence-electron chi connectivity index (χ0n) is 23.5. The SMILES string of the molecule is C=C(CCN(CCC)C(C)=O)Cc1ccc(NC2=NC=C(C(F)(F)F)C(NC(CCO)c3ccccc3)=C=C2)cc1. The van der Waals surface area contributed by atoms with Crippen LogP contribution in [0, 0.1) is 0 Å². The number of hydrogen-bond donors (Lipinski definition) is 3. The second-order valence-electron chi connectivity index (χ2n) is 9.84. The van der Waals surface area contributed by atoms with Crippen molar-refractivity contribution in [3.63, 3.8) is 0 Å². The average molecular weight is 567 g/mol. The number of nitrogens with zero attached hydrogens (tertiary/aromatic N) is 2. The quantitative estimate of drug-likeness (QED) is 0.192. The highest BCUT2D eigenvalue weighted by Gasteiger charge is 2.37. The summed E-state index contributed by atoms with van der Waals surface area (Å²) in [5.41, 5.74) is 4.96. The molecule has 1 aliphatic rings. The Morgan fingerprint density at radius 1 is 1.12 bits per heavy atom. The standard InChI is InChI=1S/C32H37F3N4O2/c1-4-18-39(24(3)41)19-16-23(2)21-25-10-12-27(13-11-25)37-31-15-14-30(28(22-36-31)32(33,34)35)38-29(17-20-40)26-8-6-5-7-9-26/h5-13,15,22,29,38,40H,2,4,16-21H2,1,3H3,(H,36,37). The van der Waals surface area contributed by atoms with Crippen LogP contribution in [0.4, 0.5) is 18.9 Å². The second-order valence-corrected chi connectivity index (χ2v) is 9.84. The number of rotatable bonds is 13. The van der Waals surface area contributed by atoms with Crippen molar-refractivity contribution in [3.05, 3.63) is 107 Å². The molecule has 218 valence electrons. The highest BCUT2D eigenvalue weighted by atomic mass is 19.4. The van der Waals surface area contributed by atoms with Crippen LogP contribution in [0.2, 0.25) is 0 Å². The van der Waals surface area contributed by atoms with Crippen molar-refractivity contribution in [2.75, 3.05) is 25.0 Å². The molecule has 0 saturated heterocycles. The molecule has 1 unspecified atom stereocenters. The number of amides is 1. The van der Waals surface area contributed by atoms with Gasteiger partial charge in [0.25, 0.3) is 0 Å². The Morgan fingerprint density at radius 2 is 1.83 bits per heavy atom. The summed E-state index contributed by atoms with van der Waals surface area (Å²) < 4.78 is 41.8. The van der Waals surface area contributed by atoms with E-state index in [1.165, 1.54) is 6.08 Å². The zero-order valence-corrected chi connectivity index (χ0v) is 23.5. The summed E-state index contributed by atoms with van der Waals surface area (Å²) in [7, 11) is 0. The Labute approximate surface area is 239 Å². The summed E-state index contributed by atoms with van der Waals surface area (Å²) in [5.74, 6) is 0.251. The fourth-order valence-corrected chi connectivity index (χ4v) is 4.39. The molecule has 0 bridgehead atoms. The molecule has 0 saturated carbocycles. The van der Waals surface area contributed by atoms with Gasteiger partial charge in [-0.15, -0.1) is 0 Å². The summed E-state index contributed by atoms with van der Waals surface area (Å²) in [5, 5.41) is 15.5. The van der Waals surface area contributed by atoms with Gasteiger partial charge < -0.3 is 20.6 Å². The number of carbonyl (C=O) groups excluding carboxylic acids is 1. The number of nitrogens with one attached hydrogen (secondary N) is 2. The highest BCUT2D eigenvalue weighted by Crippen LogP contribution is 2.32. The number of alkyl halides is 3. The van der Waals surface area contributed by atoms with E-state index >= 15 is 0 Å². The number of aliphatic imine (C=N–C) groups is 1. The molecule has 0 aromatic heterocycles. The van der Waals surface area contributed by atoms with Gasteiger partial charge in [-0.1, -0.05) is 67.3 Å². The number of benzene rings is 2. The van der Waals surface area contributed by atoms with E-state index < -0.39 is 17.8 Å². The van der Waals surface area contributed by atoms with Crippen LogP contribution in [0.1, 0.15) is 50.3 Å². The maximum Gasteiger partial charge on any atom is 0.420 e. The minimum atomic E-state index is -4.66. The van der Waals surface area contributed by atoms with E-state index in [1.807, 2.05) is 42.2 Å². The monoisotopic (exact) mass is 566 g/mol. The number of aliphatic hydroxyl groups is 1. The lowest BCUT2D eigenvalue weighted by atomic mass is 10.0. The molecule has 1 heterocycles. The Bertz CT molecular complexity index is 1310. The van der Waals surface area contributed by atoms with Crippen LogP contribution in [0.15, 0.2) is 101 Å². The molecule has 6 nitrogen and oxygen atoms in total. The molecule has 41 heavy (non-hydrogen) atoms. The fraction of sp³-hybridized carbons (Fsp3) is 0.344. The van der Waals surface area contributed by atoms with Gasteiger partial charge in [0.15, 0.2) is 0 Å². The van der Waals surface area contributed by atoms with Gasteiger partial charge in [0.2, 0.25) is 5.91 Å². The summed E-state index contributed by atoms with van der Waals surface area (Å²) in [6.45, 7) is 8.92. The zero-order chi connectivity index (χ0) is 29.8. The van der Waals surface area contributed by atoms with Crippen LogP contribution in [-0.4, -0.2) is 47.6 Å². The third kappa shape index (κ3) is 9.81. The van der Waals surface area contributed by atoms with Gasteiger partial charge in [-0.25, -0.2) is 4.99 Å². The summed E-state index contributed by atoms with van der Waals surface area (Å²) in [6, 6.07) is 15.9. The first kappa shape index (κ1) is 31.5. The largest absolute Gasteiger partial charge is 0.420 e. The number of hydrogen-bond acceptors (Lipinski definition) is 5. The molecule has 1 atom stereocenters. The van der Waals surface area contributed by atoms with Gasteiger partial charge in [0.05, 0.1) is 11.7 Å². The number of carbonyl (C=O) groups is 1. The molecule has 3 N–H and O–H groups in total. The van der Waals surface area contributed by atoms with Crippen molar-refractivity contribution in [3.8, 4) is 0 Å². The molecule has 9 heteroatoms. The van der Waals surface area contributed by atoms with Crippen molar-refractivity contribution < 1.29 is 23.1 Å². The van der Waals surface area contributed by atoms with Gasteiger partial charge in [0, 0.05) is 44.6 Å². The third-order valence-electron chi connectivity index (χ3n) is 6.55. The molecule has 0 radical (unpaired) electrons. The number of amidine groups is 1. The maximum atomic E-state index is 13.9. The van der Waals surface area contributed by atoms with Crippen LogP contribution in [0.3, 0.4) is 0 Å². The molecule has 1 aliphatic heterocycles. The predicted octanol–water partition coefficient (Wildman–Crippen LogP) is 6.46. The Morgan fingerprint density at radius 3 is 2.44 bits per heavy atom. The molecule has 0 spiro atoms. The van der Waals surface area contributed by atoms with Gasteiger partial charge in [-0.2, -0.15) is 13.2 Å². The summed E-state index contributed by atoms with van der Waals surface area (Å²) >= 11 is 0. The van der Waals surface area contributed by atoms with Crippen molar-refractivity contribution >= 4 is 17.4 Å². The number of anilines is 1. The predicted molar refractivity (Wildman–Crippen MR) is 157 cm³/mol. The molecular weight excluding hydrogens is 529 g/mol. The average Bonchev–Trinajstić information content (AvgIpc) is 3.14. The van der Waals surface area contributed by atoms with E-state index in [-0.39, 0.29) is 30.5 Å². The van der Waals surface area contributed by atoms with Gasteiger partial charge in [0.1, 0.15) is 11.4 Å². The maximum absolute atomic E-state index is 13.9. The van der Waals surface area contributed by atoms with E-state index in [1.54, 1.807) is 31.2 Å². The van der Waals surface area contributed by atoms with Gasteiger partial charge in [-0.05, 0) is 48.9 Å². The molecule has 3 rings (SSSR count). The normalized spacial score (nSPS) is 13.9. The van der Waals surface area contributed by atoms with E-state index in [0.29, 0.717) is 25.1 Å². The van der Waals surface area contributed by atoms with Crippen molar-refractivity contribution in [2.45, 2.75) is 51.7 Å². The van der Waals surface area contributed by atoms with E-state index in [4.69, 9.17) is 0 Å². The minimum absolute atomic E-state index is 0.0571. The Hall–Kier alpha value is -4.07. The summed E-state index contributed by atoms with van der Waals surface area (Å²) in [4.78, 5) is 17.6. The lowest BCUT2D eigenvalue weighted by molar-refractivity contribution is -0.128. The van der Waals surface area contributed by atoms with Gasteiger partial charge in [-0.3, -0.25) is 4.79 Å². The van der Waals surface area contributed by atoms with Crippen LogP contribution in [-0.2, 0) is 11.2 Å². The Kier molecular flexibility index (Phi) is 11.6. The number of halogens is 3. The minimum Gasteiger partial charge on any atom is -0.396 e. The third-order valence-corrected chi connectivity index (χ3v) is 6.55. The summed E-state index contributed by atoms with van der Waals surface area (Å²) in [6.07, 6.45) is -0.0237. The lowest BCUT2D eigenvalue weighted by Crippen LogP contribution is -2.30. The van der Waals surface area contributed by atoms with Crippen LogP contribution >= 0.6 is 0 Å². The first-order chi connectivity index (χ1) is 19.6. The molecule has 2 aromatic rings. The molecule has 0 aliphatic carbocycles. The van der Waals surface area contributed by atoms with Crippen molar-refractivity contribution in [2.24, 2.45) is 4.99 Å². The smallest absolute Gasteiger partial charge is 0.396 e. The second kappa shape index (κ2) is 15.1. The van der Waals surface area contributed by atoms with E-state index in [2.05, 4.69) is 27.9 Å². The van der Waals surface area contributed by atoms with Crippen LogP contribution in [0.25, 0.3) is 0 Å². The molecule has 2 aromatic carbocycles. The van der Waals surface area contributed by atoms with Crippen molar-refractivity contribution in [1.82, 2.24) is 10.2 Å². The van der Waals surface area contributed by atoms with Crippen LogP contribution < -0.4 is 10.6 Å². The van der Waals surface area contributed by atoms with Gasteiger partial charge >= 0.3 is 6.18 Å². The van der Waals surface area contributed by atoms with E-state index in [0.717, 1.165) is 35.9 Å².